The van der Waals surface area contributed by atoms with Gasteiger partial charge in [0.05, 0.1) is 26.4 Å². The van der Waals surface area contributed by atoms with Gasteiger partial charge in [0.15, 0.2) is 0 Å². The van der Waals surface area contributed by atoms with Crippen molar-refractivity contribution >= 4 is 11.9 Å². The number of carboxylic acid groups (broad SMARTS) is 2. The lowest BCUT2D eigenvalue weighted by molar-refractivity contribution is -0.159. The van der Waals surface area contributed by atoms with E-state index in [1.54, 1.807) is 0 Å². The third kappa shape index (κ3) is 26.9. The van der Waals surface area contributed by atoms with Crippen LogP contribution in [0.1, 0.15) is 39.5 Å². The SMILES string of the molecule is CCCCN(CCO)CCO.CCCCN(CCO)CCO.O=C(O)C(=O)O. The van der Waals surface area contributed by atoms with Crippen LogP contribution in [0.4, 0.5) is 0 Å². The van der Waals surface area contributed by atoms with Crippen LogP contribution < -0.4 is 0 Å². The molecule has 0 bridgehead atoms. The summed E-state index contributed by atoms with van der Waals surface area (Å²) in [6.07, 6.45) is 4.60. The Kier molecular flexibility index (Phi) is 28.8. The lowest BCUT2D eigenvalue weighted by Crippen LogP contribution is -2.30. The number of hydrogen-bond donors (Lipinski definition) is 6. The predicted octanol–water partition coefficient (Wildman–Crippen LogP) is -0.698. The van der Waals surface area contributed by atoms with Crippen molar-refractivity contribution in [3.63, 3.8) is 0 Å². The summed E-state index contributed by atoms with van der Waals surface area (Å²) in [4.78, 5) is 22.3. The molecule has 0 fully saturated rings. The average Bonchev–Trinajstić information content (AvgIpc) is 2.66. The topological polar surface area (TPSA) is 162 Å². The average molecular weight is 413 g/mol. The Morgan fingerprint density at radius 1 is 0.571 bits per heavy atom. The molecule has 0 aliphatic rings. The molecule has 0 radical (unpaired) electrons. The summed E-state index contributed by atoms with van der Waals surface area (Å²) in [6.45, 7) is 9.70. The van der Waals surface area contributed by atoms with Crippen molar-refractivity contribution in [2.75, 3.05) is 65.7 Å². The minimum absolute atomic E-state index is 0.184. The summed E-state index contributed by atoms with van der Waals surface area (Å²) >= 11 is 0. The standard InChI is InChI=1S/2C8H19NO2.C2H2O4/c2*1-2-3-4-9(5-7-10)6-8-11;3-1(4)2(5)6/h2*10-11H,2-8H2,1H3;(H,3,4)(H,5,6). The Morgan fingerprint density at radius 2 is 0.821 bits per heavy atom. The molecule has 170 valence electrons. The van der Waals surface area contributed by atoms with Crippen molar-refractivity contribution in [2.24, 2.45) is 0 Å². The number of aliphatic carboxylic acids is 2. The van der Waals surface area contributed by atoms with E-state index in [9.17, 15) is 0 Å². The fourth-order valence-corrected chi connectivity index (χ4v) is 2.00. The first-order valence-electron chi connectivity index (χ1n) is 9.68. The lowest BCUT2D eigenvalue weighted by Gasteiger charge is -2.19. The zero-order chi connectivity index (χ0) is 22.2. The van der Waals surface area contributed by atoms with Gasteiger partial charge in [-0.3, -0.25) is 9.80 Å². The smallest absolute Gasteiger partial charge is 0.414 e. The molecule has 0 spiro atoms. The molecule has 6 N–H and O–H groups in total. The molecule has 0 aliphatic heterocycles. The van der Waals surface area contributed by atoms with Crippen molar-refractivity contribution < 1.29 is 40.2 Å². The Labute approximate surface area is 168 Å². The van der Waals surface area contributed by atoms with Gasteiger partial charge in [-0.2, -0.15) is 0 Å². The van der Waals surface area contributed by atoms with Gasteiger partial charge < -0.3 is 30.6 Å². The number of carboxylic acids is 2. The monoisotopic (exact) mass is 412 g/mol. The molecule has 0 saturated heterocycles. The first-order valence-corrected chi connectivity index (χ1v) is 9.68. The Morgan fingerprint density at radius 3 is 0.964 bits per heavy atom. The zero-order valence-electron chi connectivity index (χ0n) is 17.3. The van der Waals surface area contributed by atoms with Gasteiger partial charge in [0.25, 0.3) is 0 Å². The molecule has 0 aromatic carbocycles. The minimum Gasteiger partial charge on any atom is -0.473 e. The quantitative estimate of drug-likeness (QED) is 0.201. The third-order valence-corrected chi connectivity index (χ3v) is 3.50. The van der Waals surface area contributed by atoms with Gasteiger partial charge in [0.1, 0.15) is 0 Å². The van der Waals surface area contributed by atoms with Crippen molar-refractivity contribution in [2.45, 2.75) is 39.5 Å². The molecule has 0 heterocycles. The largest absolute Gasteiger partial charge is 0.473 e. The molecule has 10 nitrogen and oxygen atoms in total. The molecular formula is C18H40N2O8. The molecule has 0 amide bonds. The third-order valence-electron chi connectivity index (χ3n) is 3.50. The second kappa shape index (κ2) is 25.7. The normalized spacial score (nSPS) is 10.1. The Balaban J connectivity index is -0.000000351. The molecule has 0 rings (SSSR count). The number of rotatable bonds is 14. The van der Waals surface area contributed by atoms with E-state index in [2.05, 4.69) is 23.6 Å². The maximum atomic E-state index is 9.10. The van der Waals surface area contributed by atoms with Crippen LogP contribution in [0, 0.1) is 0 Å². The number of aliphatic hydroxyl groups excluding tert-OH is 4. The number of hydrogen-bond acceptors (Lipinski definition) is 8. The Hall–Kier alpha value is -1.30. The summed E-state index contributed by atoms with van der Waals surface area (Å²) in [5, 5.41) is 49.3. The van der Waals surface area contributed by atoms with Gasteiger partial charge in [-0.05, 0) is 25.9 Å². The summed E-state index contributed by atoms with van der Waals surface area (Å²) in [7, 11) is 0. The summed E-state index contributed by atoms with van der Waals surface area (Å²) in [5.41, 5.74) is 0. The highest BCUT2D eigenvalue weighted by molar-refractivity contribution is 6.27. The van der Waals surface area contributed by atoms with Crippen molar-refractivity contribution in [3.05, 3.63) is 0 Å². The van der Waals surface area contributed by atoms with Gasteiger partial charge in [-0.15, -0.1) is 0 Å². The first kappa shape index (κ1) is 31.4. The van der Waals surface area contributed by atoms with E-state index in [4.69, 9.17) is 40.2 Å². The Bertz CT molecular complexity index is 302. The van der Waals surface area contributed by atoms with Crippen LogP contribution >= 0.6 is 0 Å². The number of aliphatic hydroxyl groups is 4. The van der Waals surface area contributed by atoms with Crippen molar-refractivity contribution in [3.8, 4) is 0 Å². The molecule has 10 heteroatoms. The number of unbranched alkanes of at least 4 members (excludes halogenated alkanes) is 2. The summed E-state index contributed by atoms with van der Waals surface area (Å²) in [6, 6.07) is 0. The van der Waals surface area contributed by atoms with Gasteiger partial charge in [-0.25, -0.2) is 9.59 Å². The highest BCUT2D eigenvalue weighted by atomic mass is 16.4. The van der Waals surface area contributed by atoms with Crippen molar-refractivity contribution in [1.29, 1.82) is 0 Å². The zero-order valence-corrected chi connectivity index (χ0v) is 17.3. The summed E-state index contributed by atoms with van der Waals surface area (Å²) < 4.78 is 0. The van der Waals surface area contributed by atoms with Crippen LogP contribution in [0.15, 0.2) is 0 Å². The lowest BCUT2D eigenvalue weighted by atomic mass is 10.3. The molecular weight excluding hydrogens is 372 g/mol. The van der Waals surface area contributed by atoms with Crippen LogP contribution in [-0.2, 0) is 9.59 Å². The van der Waals surface area contributed by atoms with Crippen LogP contribution in [-0.4, -0.2) is 118 Å². The van der Waals surface area contributed by atoms with E-state index in [0.29, 0.717) is 26.2 Å². The molecule has 0 aromatic rings. The molecule has 0 unspecified atom stereocenters. The van der Waals surface area contributed by atoms with E-state index in [0.717, 1.165) is 38.8 Å². The van der Waals surface area contributed by atoms with E-state index >= 15 is 0 Å². The minimum atomic E-state index is -1.82. The molecule has 0 aliphatic carbocycles. The number of nitrogens with zero attached hydrogens (tertiary/aromatic N) is 2. The van der Waals surface area contributed by atoms with E-state index in [1.807, 2.05) is 0 Å². The van der Waals surface area contributed by atoms with Crippen LogP contribution in [0.2, 0.25) is 0 Å². The highest BCUT2D eigenvalue weighted by Gasteiger charge is 2.04. The number of carbonyl (C=O) groups is 2. The van der Waals surface area contributed by atoms with Gasteiger partial charge in [0, 0.05) is 26.2 Å². The van der Waals surface area contributed by atoms with Crippen LogP contribution in [0.3, 0.4) is 0 Å². The molecule has 28 heavy (non-hydrogen) atoms. The van der Waals surface area contributed by atoms with E-state index < -0.39 is 11.9 Å². The second-order valence-electron chi connectivity index (χ2n) is 5.90. The van der Waals surface area contributed by atoms with E-state index in [1.165, 1.54) is 0 Å². The fourth-order valence-electron chi connectivity index (χ4n) is 2.00. The molecule has 0 atom stereocenters. The van der Waals surface area contributed by atoms with Gasteiger partial charge >= 0.3 is 11.9 Å². The molecule has 0 saturated carbocycles. The van der Waals surface area contributed by atoms with Crippen LogP contribution in [0.25, 0.3) is 0 Å². The maximum Gasteiger partial charge on any atom is 0.414 e. The van der Waals surface area contributed by atoms with Crippen LogP contribution in [0.5, 0.6) is 0 Å². The first-order chi connectivity index (χ1) is 13.3. The van der Waals surface area contributed by atoms with Gasteiger partial charge in [0.2, 0.25) is 0 Å². The van der Waals surface area contributed by atoms with Crippen molar-refractivity contribution in [1.82, 2.24) is 9.80 Å². The van der Waals surface area contributed by atoms with Gasteiger partial charge in [-0.1, -0.05) is 26.7 Å². The maximum absolute atomic E-state index is 9.10. The molecule has 0 aromatic heterocycles. The fraction of sp³-hybridized carbons (Fsp3) is 0.889. The highest BCUT2D eigenvalue weighted by Crippen LogP contribution is 1.94. The summed E-state index contributed by atoms with van der Waals surface area (Å²) in [5.74, 6) is -3.65. The second-order valence-corrected chi connectivity index (χ2v) is 5.90. The van der Waals surface area contributed by atoms with E-state index in [-0.39, 0.29) is 26.4 Å². The predicted molar refractivity (Wildman–Crippen MR) is 106 cm³/mol.